The quantitative estimate of drug-likeness (QED) is 0.269. The summed E-state index contributed by atoms with van der Waals surface area (Å²) in [6.45, 7) is 7.49. The van der Waals surface area contributed by atoms with E-state index in [1.807, 2.05) is 0 Å². The van der Waals surface area contributed by atoms with Crippen LogP contribution >= 0.6 is 0 Å². The van der Waals surface area contributed by atoms with E-state index in [1.54, 1.807) is 0 Å². The molecule has 0 amide bonds. The lowest BCUT2D eigenvalue weighted by atomic mass is 10.1. The highest BCUT2D eigenvalue weighted by atomic mass is 28.4. The molecule has 0 aliphatic heterocycles. The van der Waals surface area contributed by atoms with Crippen LogP contribution < -0.4 is 10.4 Å². The molecule has 30 heavy (non-hydrogen) atoms. The number of unbranched alkanes of at least 4 members (excludes halogenated alkanes) is 1. The Balaban J connectivity index is 1.91. The summed E-state index contributed by atoms with van der Waals surface area (Å²) in [6.07, 6.45) is 3.46. The normalized spacial score (nSPS) is 12.0. The molecule has 0 aromatic heterocycles. The van der Waals surface area contributed by atoms with Gasteiger partial charge in [-0.1, -0.05) is 106 Å². The number of rotatable bonds is 9. The van der Waals surface area contributed by atoms with Gasteiger partial charge in [0, 0.05) is 6.42 Å². The van der Waals surface area contributed by atoms with Crippen LogP contribution in [0.15, 0.2) is 84.9 Å². The fraction of sp³-hybridized carbons (Fsp3) is 0.296. The van der Waals surface area contributed by atoms with Gasteiger partial charge < -0.3 is 9.22 Å². The molecule has 3 heteroatoms. The molecular formula is C27H32O2Si. The summed E-state index contributed by atoms with van der Waals surface area (Å²) in [6, 6.07) is 30.1. The molecule has 0 heterocycles. The molecule has 3 rings (SSSR count). The van der Waals surface area contributed by atoms with Gasteiger partial charge in [-0.05, 0) is 39.4 Å². The van der Waals surface area contributed by atoms with Crippen molar-refractivity contribution in [3.05, 3.63) is 96.1 Å². The lowest BCUT2D eigenvalue weighted by Gasteiger charge is -2.43. The van der Waals surface area contributed by atoms with E-state index in [0.29, 0.717) is 13.0 Å². The third kappa shape index (κ3) is 4.97. The molecular weight excluding hydrogens is 384 g/mol. The third-order valence-electron chi connectivity index (χ3n) is 5.68. The summed E-state index contributed by atoms with van der Waals surface area (Å²) in [5.41, 5.74) is 2.45. The Labute approximate surface area is 182 Å². The molecule has 0 radical (unpaired) electrons. The smallest absolute Gasteiger partial charge is 0.261 e. The summed E-state index contributed by atoms with van der Waals surface area (Å²) in [5, 5.41) is 2.58. The first-order valence-electron chi connectivity index (χ1n) is 10.7. The lowest BCUT2D eigenvalue weighted by molar-refractivity contribution is -0.107. The van der Waals surface area contributed by atoms with Crippen LogP contribution in [0.25, 0.3) is 0 Å². The maximum absolute atomic E-state index is 10.5. The van der Waals surface area contributed by atoms with E-state index in [9.17, 15) is 4.79 Å². The predicted molar refractivity (Wildman–Crippen MR) is 128 cm³/mol. The van der Waals surface area contributed by atoms with Crippen LogP contribution in [0.5, 0.6) is 0 Å². The van der Waals surface area contributed by atoms with Crippen LogP contribution in [0, 0.1) is 0 Å². The van der Waals surface area contributed by atoms with Gasteiger partial charge in [-0.2, -0.15) is 0 Å². The fourth-order valence-electron chi connectivity index (χ4n) is 4.14. The minimum Gasteiger partial charge on any atom is -0.403 e. The van der Waals surface area contributed by atoms with Crippen molar-refractivity contribution in [2.24, 2.45) is 0 Å². The zero-order valence-electron chi connectivity index (χ0n) is 18.3. The molecule has 0 spiro atoms. The molecule has 0 unspecified atom stereocenters. The highest BCUT2D eigenvalue weighted by molar-refractivity contribution is 6.99. The topological polar surface area (TPSA) is 26.3 Å². The molecule has 0 bridgehead atoms. The maximum atomic E-state index is 10.5. The standard InChI is InChI=1S/C27H32O2Si/c1-27(2,3)30(25-13-6-4-7-14-25,26-15-8-5-9-16-26)29-22-24-19-17-23(18-20-24)12-10-11-21-28/h4-9,13-21H,10-12,22H2,1-3H3. The number of aryl methyl sites for hydroxylation is 1. The van der Waals surface area contributed by atoms with Gasteiger partial charge >= 0.3 is 0 Å². The molecule has 156 valence electrons. The molecule has 3 aromatic carbocycles. The van der Waals surface area contributed by atoms with E-state index in [4.69, 9.17) is 4.43 Å². The van der Waals surface area contributed by atoms with E-state index in [1.165, 1.54) is 21.5 Å². The van der Waals surface area contributed by atoms with Crippen molar-refractivity contribution in [3.63, 3.8) is 0 Å². The molecule has 0 atom stereocenters. The van der Waals surface area contributed by atoms with E-state index in [-0.39, 0.29) is 5.04 Å². The zero-order valence-corrected chi connectivity index (χ0v) is 19.3. The monoisotopic (exact) mass is 416 g/mol. The van der Waals surface area contributed by atoms with Gasteiger partial charge in [-0.3, -0.25) is 0 Å². The lowest BCUT2D eigenvalue weighted by Crippen LogP contribution is -2.66. The summed E-state index contributed by atoms with van der Waals surface area (Å²) in [7, 11) is -2.51. The molecule has 0 aliphatic carbocycles. The molecule has 0 saturated heterocycles. The second-order valence-corrected chi connectivity index (χ2v) is 13.1. The minimum absolute atomic E-state index is 0.0233. The average Bonchev–Trinajstić information content (AvgIpc) is 2.76. The minimum atomic E-state index is -2.51. The Hall–Kier alpha value is -2.49. The van der Waals surface area contributed by atoms with Crippen LogP contribution in [0.4, 0.5) is 0 Å². The second kappa shape index (κ2) is 10.0. The first-order valence-corrected chi connectivity index (χ1v) is 12.6. The Kier molecular flexibility index (Phi) is 7.41. The number of carbonyl (C=O) groups excluding carboxylic acids is 1. The second-order valence-electron chi connectivity index (χ2n) is 8.83. The highest BCUT2D eigenvalue weighted by Crippen LogP contribution is 2.37. The summed E-state index contributed by atoms with van der Waals surface area (Å²) in [4.78, 5) is 10.5. The number of hydrogen-bond acceptors (Lipinski definition) is 2. The Morgan fingerprint density at radius 3 is 1.73 bits per heavy atom. The van der Waals surface area contributed by atoms with E-state index in [2.05, 4.69) is 106 Å². The van der Waals surface area contributed by atoms with Crippen molar-refractivity contribution in [2.75, 3.05) is 0 Å². The first-order chi connectivity index (χ1) is 14.5. The van der Waals surface area contributed by atoms with Crippen LogP contribution in [-0.4, -0.2) is 14.6 Å². The summed E-state index contributed by atoms with van der Waals surface area (Å²) >= 11 is 0. The molecule has 3 aromatic rings. The average molecular weight is 417 g/mol. The SMILES string of the molecule is CC(C)(C)[Si](OCc1ccc(CCCC=O)cc1)(c1ccccc1)c1ccccc1. The van der Waals surface area contributed by atoms with Crippen molar-refractivity contribution >= 4 is 25.0 Å². The zero-order chi connectivity index (χ0) is 21.5. The van der Waals surface area contributed by atoms with Gasteiger partial charge in [0.1, 0.15) is 6.29 Å². The maximum Gasteiger partial charge on any atom is 0.261 e. The molecule has 2 nitrogen and oxygen atoms in total. The van der Waals surface area contributed by atoms with Crippen LogP contribution in [0.2, 0.25) is 5.04 Å². The van der Waals surface area contributed by atoms with Crippen molar-refractivity contribution in [3.8, 4) is 0 Å². The molecule has 0 saturated carbocycles. The van der Waals surface area contributed by atoms with Crippen molar-refractivity contribution in [1.29, 1.82) is 0 Å². The van der Waals surface area contributed by atoms with Gasteiger partial charge in [0.2, 0.25) is 0 Å². The molecule has 0 N–H and O–H groups in total. The summed E-state index contributed by atoms with van der Waals surface area (Å²) < 4.78 is 6.98. The fourth-order valence-corrected chi connectivity index (χ4v) is 8.68. The number of benzene rings is 3. The number of carbonyl (C=O) groups is 1. The van der Waals surface area contributed by atoms with Gasteiger partial charge in [-0.25, -0.2) is 0 Å². The predicted octanol–water partition coefficient (Wildman–Crippen LogP) is 5.28. The van der Waals surface area contributed by atoms with E-state index in [0.717, 1.165) is 19.1 Å². The molecule has 0 fully saturated rings. The Morgan fingerprint density at radius 2 is 1.27 bits per heavy atom. The Morgan fingerprint density at radius 1 is 0.767 bits per heavy atom. The van der Waals surface area contributed by atoms with Crippen molar-refractivity contribution in [1.82, 2.24) is 0 Å². The van der Waals surface area contributed by atoms with E-state index < -0.39 is 8.32 Å². The van der Waals surface area contributed by atoms with Gasteiger partial charge in [0.15, 0.2) is 0 Å². The summed E-state index contributed by atoms with van der Waals surface area (Å²) in [5.74, 6) is 0. The largest absolute Gasteiger partial charge is 0.403 e. The van der Waals surface area contributed by atoms with E-state index >= 15 is 0 Å². The van der Waals surface area contributed by atoms with Crippen LogP contribution in [0.1, 0.15) is 44.7 Å². The molecule has 0 aliphatic rings. The van der Waals surface area contributed by atoms with Crippen LogP contribution in [0.3, 0.4) is 0 Å². The van der Waals surface area contributed by atoms with Crippen molar-refractivity contribution in [2.45, 2.75) is 51.7 Å². The number of aldehydes is 1. The third-order valence-corrected chi connectivity index (χ3v) is 10.7. The van der Waals surface area contributed by atoms with Crippen LogP contribution in [-0.2, 0) is 22.2 Å². The first kappa shape index (κ1) is 22.2. The highest BCUT2D eigenvalue weighted by Gasteiger charge is 2.50. The van der Waals surface area contributed by atoms with Crippen molar-refractivity contribution < 1.29 is 9.22 Å². The number of hydrogen-bond donors (Lipinski definition) is 0. The Bertz CT molecular complexity index is 873. The van der Waals surface area contributed by atoms with Gasteiger partial charge in [0.25, 0.3) is 8.32 Å². The van der Waals surface area contributed by atoms with Gasteiger partial charge in [0.05, 0.1) is 6.61 Å². The van der Waals surface area contributed by atoms with Gasteiger partial charge in [-0.15, -0.1) is 0 Å².